The molecule has 1 aliphatic carbocycles. The van der Waals surface area contributed by atoms with Crippen molar-refractivity contribution in [3.05, 3.63) is 0 Å². The minimum absolute atomic E-state index is 0.0582. The number of carbonyl (C=O) groups excluding carboxylic acids is 1. The van der Waals surface area contributed by atoms with E-state index >= 15 is 0 Å². The molecule has 1 saturated heterocycles. The fourth-order valence-corrected chi connectivity index (χ4v) is 3.50. The molecule has 0 amide bonds. The number of carbonyl (C=O) groups is 1. The SMILES string of the molecule is CN=C(NCCN(C(C)C)C1CC1)N1CC(C)C(C(=O)OC)C1. The average Bonchev–Trinajstić information content (AvgIpc) is 3.28. The molecule has 132 valence electrons. The third kappa shape index (κ3) is 4.59. The van der Waals surface area contributed by atoms with E-state index in [9.17, 15) is 4.79 Å². The van der Waals surface area contributed by atoms with Crippen molar-refractivity contribution < 1.29 is 9.53 Å². The molecule has 1 saturated carbocycles. The topological polar surface area (TPSA) is 57.2 Å². The minimum atomic E-state index is -0.116. The summed E-state index contributed by atoms with van der Waals surface area (Å²) in [6, 6.07) is 1.36. The number of hydrogen-bond donors (Lipinski definition) is 1. The van der Waals surface area contributed by atoms with E-state index in [-0.39, 0.29) is 11.9 Å². The van der Waals surface area contributed by atoms with Crippen molar-refractivity contribution in [2.45, 2.75) is 45.7 Å². The Morgan fingerprint density at radius 2 is 2.09 bits per heavy atom. The zero-order valence-corrected chi connectivity index (χ0v) is 15.2. The predicted octanol–water partition coefficient (Wildman–Crippen LogP) is 1.18. The molecule has 2 unspecified atom stereocenters. The minimum Gasteiger partial charge on any atom is -0.469 e. The summed E-state index contributed by atoms with van der Waals surface area (Å²) in [5.74, 6) is 1.01. The van der Waals surface area contributed by atoms with Crippen LogP contribution in [0.5, 0.6) is 0 Å². The lowest BCUT2D eigenvalue weighted by molar-refractivity contribution is -0.145. The molecule has 2 fully saturated rings. The van der Waals surface area contributed by atoms with Gasteiger partial charge >= 0.3 is 5.97 Å². The second kappa shape index (κ2) is 7.99. The molecule has 0 radical (unpaired) electrons. The number of nitrogens with zero attached hydrogens (tertiary/aromatic N) is 3. The highest BCUT2D eigenvalue weighted by atomic mass is 16.5. The van der Waals surface area contributed by atoms with Crippen LogP contribution in [0, 0.1) is 11.8 Å². The molecule has 0 spiro atoms. The first-order valence-corrected chi connectivity index (χ1v) is 8.77. The monoisotopic (exact) mass is 324 g/mol. The van der Waals surface area contributed by atoms with Crippen LogP contribution in [0.15, 0.2) is 4.99 Å². The summed E-state index contributed by atoms with van der Waals surface area (Å²) in [4.78, 5) is 20.9. The van der Waals surface area contributed by atoms with Crippen molar-refractivity contribution in [1.82, 2.24) is 15.1 Å². The summed E-state index contributed by atoms with van der Waals surface area (Å²) in [6.07, 6.45) is 2.66. The molecule has 1 heterocycles. The van der Waals surface area contributed by atoms with E-state index in [1.54, 1.807) is 7.05 Å². The zero-order valence-electron chi connectivity index (χ0n) is 15.2. The van der Waals surface area contributed by atoms with Gasteiger partial charge < -0.3 is 15.0 Å². The van der Waals surface area contributed by atoms with E-state index in [0.29, 0.717) is 18.5 Å². The summed E-state index contributed by atoms with van der Waals surface area (Å²) in [5, 5.41) is 3.46. The van der Waals surface area contributed by atoms with E-state index in [0.717, 1.165) is 31.6 Å². The lowest BCUT2D eigenvalue weighted by Gasteiger charge is -2.28. The number of nitrogens with one attached hydrogen (secondary N) is 1. The van der Waals surface area contributed by atoms with Crippen LogP contribution >= 0.6 is 0 Å². The molecule has 0 aromatic heterocycles. The normalized spacial score (nSPS) is 25.3. The zero-order chi connectivity index (χ0) is 17.0. The number of rotatable bonds is 6. The molecule has 1 N–H and O–H groups in total. The highest BCUT2D eigenvalue weighted by Gasteiger charge is 2.37. The predicted molar refractivity (Wildman–Crippen MR) is 92.5 cm³/mol. The average molecular weight is 324 g/mol. The second-order valence-electron chi connectivity index (χ2n) is 7.05. The Kier molecular flexibility index (Phi) is 6.27. The van der Waals surface area contributed by atoms with Crippen LogP contribution in [0.1, 0.15) is 33.6 Å². The van der Waals surface area contributed by atoms with Crippen molar-refractivity contribution in [3.8, 4) is 0 Å². The Morgan fingerprint density at radius 3 is 2.61 bits per heavy atom. The van der Waals surface area contributed by atoms with E-state index in [1.807, 2.05) is 0 Å². The summed E-state index contributed by atoms with van der Waals surface area (Å²) < 4.78 is 4.91. The van der Waals surface area contributed by atoms with Gasteiger partial charge in [-0.25, -0.2) is 0 Å². The van der Waals surface area contributed by atoms with E-state index in [4.69, 9.17) is 4.74 Å². The molecular weight excluding hydrogens is 292 g/mol. The Hall–Kier alpha value is -1.30. The summed E-state index contributed by atoms with van der Waals surface area (Å²) in [5.41, 5.74) is 0. The van der Waals surface area contributed by atoms with Gasteiger partial charge in [0, 0.05) is 45.3 Å². The molecule has 1 aliphatic heterocycles. The number of guanidine groups is 1. The highest BCUT2D eigenvalue weighted by Crippen LogP contribution is 2.28. The standard InChI is InChI=1S/C17H32N4O2/c1-12(2)21(14-6-7-14)9-8-19-17(18-4)20-10-13(3)15(11-20)16(22)23-5/h12-15H,6-11H2,1-5H3,(H,18,19). The molecule has 2 aliphatic rings. The van der Waals surface area contributed by atoms with Crippen molar-refractivity contribution in [3.63, 3.8) is 0 Å². The van der Waals surface area contributed by atoms with Gasteiger partial charge in [-0.1, -0.05) is 6.92 Å². The second-order valence-corrected chi connectivity index (χ2v) is 7.05. The Morgan fingerprint density at radius 1 is 1.39 bits per heavy atom. The van der Waals surface area contributed by atoms with E-state index < -0.39 is 0 Å². The van der Waals surface area contributed by atoms with Gasteiger partial charge in [0.15, 0.2) is 5.96 Å². The first-order valence-electron chi connectivity index (χ1n) is 8.77. The van der Waals surface area contributed by atoms with Crippen LogP contribution in [0.25, 0.3) is 0 Å². The fourth-order valence-electron chi connectivity index (χ4n) is 3.50. The number of aliphatic imine (C=N–C) groups is 1. The molecule has 0 aromatic carbocycles. The summed E-state index contributed by atoms with van der Waals surface area (Å²) in [7, 11) is 3.27. The third-order valence-corrected chi connectivity index (χ3v) is 4.96. The maximum absolute atomic E-state index is 11.8. The smallest absolute Gasteiger partial charge is 0.310 e. The van der Waals surface area contributed by atoms with Gasteiger partial charge in [0.05, 0.1) is 13.0 Å². The fraction of sp³-hybridized carbons (Fsp3) is 0.882. The van der Waals surface area contributed by atoms with Crippen LogP contribution < -0.4 is 5.32 Å². The number of ether oxygens (including phenoxy) is 1. The quantitative estimate of drug-likeness (QED) is 0.452. The molecule has 6 heteroatoms. The van der Waals surface area contributed by atoms with Crippen molar-refractivity contribution in [2.75, 3.05) is 40.3 Å². The lowest BCUT2D eigenvalue weighted by Crippen LogP contribution is -2.45. The van der Waals surface area contributed by atoms with E-state index in [2.05, 4.69) is 40.9 Å². The highest BCUT2D eigenvalue weighted by molar-refractivity contribution is 5.82. The third-order valence-electron chi connectivity index (χ3n) is 4.96. The molecule has 2 atom stereocenters. The lowest BCUT2D eigenvalue weighted by atomic mass is 9.99. The summed E-state index contributed by atoms with van der Waals surface area (Å²) >= 11 is 0. The van der Waals surface area contributed by atoms with Gasteiger partial charge in [-0.3, -0.25) is 14.7 Å². The Bertz CT molecular complexity index is 432. The van der Waals surface area contributed by atoms with Crippen molar-refractivity contribution >= 4 is 11.9 Å². The molecule has 6 nitrogen and oxygen atoms in total. The number of likely N-dealkylation sites (tertiary alicyclic amines) is 1. The van der Waals surface area contributed by atoms with Gasteiger partial charge in [0.2, 0.25) is 0 Å². The Labute approximate surface area is 140 Å². The van der Waals surface area contributed by atoms with Crippen LogP contribution in [0.4, 0.5) is 0 Å². The van der Waals surface area contributed by atoms with Crippen molar-refractivity contribution in [2.24, 2.45) is 16.8 Å². The van der Waals surface area contributed by atoms with Crippen molar-refractivity contribution in [1.29, 1.82) is 0 Å². The molecule has 0 bridgehead atoms. The number of methoxy groups -OCH3 is 1. The summed E-state index contributed by atoms with van der Waals surface area (Å²) in [6.45, 7) is 10.1. The maximum atomic E-state index is 11.8. The molecule has 0 aromatic rings. The molecular formula is C17H32N4O2. The first-order chi connectivity index (χ1) is 11.0. The molecule has 23 heavy (non-hydrogen) atoms. The van der Waals surface area contributed by atoms with Gasteiger partial charge in [-0.2, -0.15) is 0 Å². The van der Waals surface area contributed by atoms with Gasteiger partial charge in [-0.05, 0) is 32.6 Å². The van der Waals surface area contributed by atoms with Gasteiger partial charge in [0.1, 0.15) is 0 Å². The van der Waals surface area contributed by atoms with Crippen LogP contribution in [-0.4, -0.2) is 74.1 Å². The van der Waals surface area contributed by atoms with E-state index in [1.165, 1.54) is 20.0 Å². The largest absolute Gasteiger partial charge is 0.469 e. The molecule has 2 rings (SSSR count). The van der Waals surface area contributed by atoms with Crippen LogP contribution in [0.3, 0.4) is 0 Å². The van der Waals surface area contributed by atoms with Crippen LogP contribution in [0.2, 0.25) is 0 Å². The Balaban J connectivity index is 1.82. The van der Waals surface area contributed by atoms with Crippen LogP contribution in [-0.2, 0) is 9.53 Å². The van der Waals surface area contributed by atoms with Gasteiger partial charge in [-0.15, -0.1) is 0 Å². The number of hydrogen-bond acceptors (Lipinski definition) is 4. The first kappa shape index (κ1) is 18.0. The van der Waals surface area contributed by atoms with Gasteiger partial charge in [0.25, 0.3) is 0 Å². The maximum Gasteiger partial charge on any atom is 0.310 e. The number of esters is 1.